The van der Waals surface area contributed by atoms with Gasteiger partial charge < -0.3 is 4.57 Å². The van der Waals surface area contributed by atoms with Crippen LogP contribution in [0.4, 0.5) is 0 Å². The van der Waals surface area contributed by atoms with Crippen molar-refractivity contribution in [2.24, 2.45) is 7.05 Å². The van der Waals surface area contributed by atoms with Crippen molar-refractivity contribution in [3.63, 3.8) is 0 Å². The van der Waals surface area contributed by atoms with E-state index in [1.165, 1.54) is 0 Å². The molecule has 4 heteroatoms. The van der Waals surface area contributed by atoms with E-state index in [4.69, 9.17) is 0 Å². The third kappa shape index (κ3) is 0.939. The molecule has 0 spiro atoms. The Morgan fingerprint density at radius 3 is 3.00 bits per heavy atom. The number of aromatic nitrogens is 3. The molecule has 0 unspecified atom stereocenters. The van der Waals surface area contributed by atoms with Gasteiger partial charge in [0.25, 0.3) is 0 Å². The molecule has 11 heavy (non-hydrogen) atoms. The molecule has 2 aromatic rings. The lowest BCUT2D eigenvalue weighted by Gasteiger charge is -1.92. The van der Waals surface area contributed by atoms with E-state index in [-0.39, 0.29) is 0 Å². The minimum Gasteiger partial charge on any atom is -0.332 e. The lowest BCUT2D eigenvalue weighted by molar-refractivity contribution is 0.945. The summed E-state index contributed by atoms with van der Waals surface area (Å²) in [5.74, 6) is 0. The number of nitrogens with zero attached hydrogens (tertiary/aromatic N) is 3. The molecule has 3 nitrogen and oxygen atoms in total. The Hall–Kier alpha value is -0.900. The summed E-state index contributed by atoms with van der Waals surface area (Å²) in [7, 11) is 1.95. The average Bonchev–Trinajstić information content (AvgIpc) is 2.35. The molecular weight excluding hydrogens is 206 g/mol. The molecule has 0 aliphatic carbocycles. The molecular formula is C7H6BrN3. The van der Waals surface area contributed by atoms with Crippen molar-refractivity contribution in [3.8, 4) is 0 Å². The van der Waals surface area contributed by atoms with Crippen molar-refractivity contribution >= 4 is 27.0 Å². The first-order valence-electron chi connectivity index (χ1n) is 3.19. The summed E-state index contributed by atoms with van der Waals surface area (Å²) < 4.78 is 2.88. The molecule has 0 N–H and O–H groups in total. The highest BCUT2D eigenvalue weighted by Gasteiger charge is 2.01. The van der Waals surface area contributed by atoms with Crippen molar-refractivity contribution < 1.29 is 0 Å². The minimum absolute atomic E-state index is 0.940. The van der Waals surface area contributed by atoms with Gasteiger partial charge in [0.05, 0.1) is 22.5 Å². The highest BCUT2D eigenvalue weighted by atomic mass is 79.9. The SMILES string of the molecule is Cn1cnc2c(Br)cncc21. The van der Waals surface area contributed by atoms with E-state index in [1.807, 2.05) is 11.6 Å². The van der Waals surface area contributed by atoms with E-state index < -0.39 is 0 Å². The van der Waals surface area contributed by atoms with Gasteiger partial charge in [-0.25, -0.2) is 4.98 Å². The molecule has 0 aliphatic heterocycles. The average molecular weight is 212 g/mol. The molecule has 2 aromatic heterocycles. The summed E-state index contributed by atoms with van der Waals surface area (Å²) in [5, 5.41) is 0. The second kappa shape index (κ2) is 2.30. The maximum absolute atomic E-state index is 4.19. The number of hydrogen-bond donors (Lipinski definition) is 0. The molecule has 56 valence electrons. The van der Waals surface area contributed by atoms with Crippen LogP contribution in [0.15, 0.2) is 23.2 Å². The summed E-state index contributed by atoms with van der Waals surface area (Å²) in [6.45, 7) is 0. The molecule has 0 aliphatic rings. The van der Waals surface area contributed by atoms with Crippen molar-refractivity contribution in [1.29, 1.82) is 0 Å². The van der Waals surface area contributed by atoms with E-state index in [1.54, 1.807) is 18.7 Å². The summed E-state index contributed by atoms with van der Waals surface area (Å²) in [5.41, 5.74) is 2.00. The van der Waals surface area contributed by atoms with Crippen LogP contribution in [0, 0.1) is 0 Å². The van der Waals surface area contributed by atoms with Gasteiger partial charge in [0, 0.05) is 13.2 Å². The van der Waals surface area contributed by atoms with Crippen LogP contribution in [0.2, 0.25) is 0 Å². The van der Waals surface area contributed by atoms with Crippen molar-refractivity contribution in [1.82, 2.24) is 14.5 Å². The monoisotopic (exact) mass is 211 g/mol. The lowest BCUT2D eigenvalue weighted by Crippen LogP contribution is -1.84. The van der Waals surface area contributed by atoms with Gasteiger partial charge >= 0.3 is 0 Å². The Labute approximate surface area is 72.2 Å². The van der Waals surface area contributed by atoms with Crippen LogP contribution in [0.5, 0.6) is 0 Å². The van der Waals surface area contributed by atoms with E-state index in [2.05, 4.69) is 25.9 Å². The fourth-order valence-corrected chi connectivity index (χ4v) is 1.43. The zero-order valence-electron chi connectivity index (χ0n) is 5.95. The molecule has 0 saturated carbocycles. The largest absolute Gasteiger partial charge is 0.332 e. The molecule has 0 aromatic carbocycles. The number of aryl methyl sites for hydroxylation is 1. The number of imidazole rings is 1. The Morgan fingerprint density at radius 2 is 2.27 bits per heavy atom. The van der Waals surface area contributed by atoms with Crippen molar-refractivity contribution in [2.75, 3.05) is 0 Å². The second-order valence-electron chi connectivity index (χ2n) is 2.34. The van der Waals surface area contributed by atoms with Crippen LogP contribution in [0.1, 0.15) is 0 Å². The molecule has 0 radical (unpaired) electrons. The van der Waals surface area contributed by atoms with Gasteiger partial charge in [-0.1, -0.05) is 0 Å². The topological polar surface area (TPSA) is 30.7 Å². The fourth-order valence-electron chi connectivity index (χ4n) is 1.01. The van der Waals surface area contributed by atoms with Gasteiger partial charge in [0.1, 0.15) is 5.52 Å². The summed E-state index contributed by atoms with van der Waals surface area (Å²) in [6.07, 6.45) is 5.32. The summed E-state index contributed by atoms with van der Waals surface area (Å²) >= 11 is 3.37. The second-order valence-corrected chi connectivity index (χ2v) is 3.20. The summed E-state index contributed by atoms with van der Waals surface area (Å²) in [6, 6.07) is 0. The molecule has 0 amide bonds. The molecule has 0 atom stereocenters. The smallest absolute Gasteiger partial charge is 0.106 e. The highest BCUT2D eigenvalue weighted by molar-refractivity contribution is 9.10. The zero-order valence-corrected chi connectivity index (χ0v) is 7.54. The first kappa shape index (κ1) is 6.79. The van der Waals surface area contributed by atoms with E-state index in [0.29, 0.717) is 0 Å². The highest BCUT2D eigenvalue weighted by Crippen LogP contribution is 2.19. The Bertz CT molecular complexity index is 393. The molecule has 0 saturated heterocycles. The quantitative estimate of drug-likeness (QED) is 0.665. The van der Waals surface area contributed by atoms with Crippen LogP contribution < -0.4 is 0 Å². The van der Waals surface area contributed by atoms with Crippen LogP contribution in [-0.4, -0.2) is 14.5 Å². The van der Waals surface area contributed by atoms with Crippen molar-refractivity contribution in [3.05, 3.63) is 23.2 Å². The lowest BCUT2D eigenvalue weighted by atomic mass is 10.4. The molecule has 0 bridgehead atoms. The third-order valence-electron chi connectivity index (χ3n) is 1.59. The number of hydrogen-bond acceptors (Lipinski definition) is 2. The Morgan fingerprint density at radius 1 is 1.45 bits per heavy atom. The maximum Gasteiger partial charge on any atom is 0.106 e. The number of rotatable bonds is 0. The van der Waals surface area contributed by atoms with E-state index in [0.717, 1.165) is 15.5 Å². The predicted octanol–water partition coefficient (Wildman–Crippen LogP) is 1.73. The van der Waals surface area contributed by atoms with Gasteiger partial charge in [-0.3, -0.25) is 4.98 Å². The van der Waals surface area contributed by atoms with Gasteiger partial charge in [-0.15, -0.1) is 0 Å². The zero-order chi connectivity index (χ0) is 7.84. The van der Waals surface area contributed by atoms with Crippen LogP contribution >= 0.6 is 15.9 Å². The minimum atomic E-state index is 0.940. The van der Waals surface area contributed by atoms with E-state index in [9.17, 15) is 0 Å². The van der Waals surface area contributed by atoms with Gasteiger partial charge in [0.15, 0.2) is 0 Å². The molecule has 0 fully saturated rings. The Kier molecular flexibility index (Phi) is 1.42. The molecule has 2 rings (SSSR count). The normalized spacial score (nSPS) is 10.7. The van der Waals surface area contributed by atoms with Crippen molar-refractivity contribution in [2.45, 2.75) is 0 Å². The molecule has 2 heterocycles. The van der Waals surface area contributed by atoms with Crippen LogP contribution in [0.25, 0.3) is 11.0 Å². The first-order chi connectivity index (χ1) is 5.29. The number of halogens is 1. The predicted molar refractivity (Wildman–Crippen MR) is 46.2 cm³/mol. The van der Waals surface area contributed by atoms with Gasteiger partial charge in [0.2, 0.25) is 0 Å². The van der Waals surface area contributed by atoms with E-state index >= 15 is 0 Å². The third-order valence-corrected chi connectivity index (χ3v) is 2.17. The Balaban J connectivity index is 2.94. The van der Waals surface area contributed by atoms with Crippen LogP contribution in [-0.2, 0) is 7.05 Å². The number of fused-ring (bicyclic) bond motifs is 1. The fraction of sp³-hybridized carbons (Fsp3) is 0.143. The van der Waals surface area contributed by atoms with Gasteiger partial charge in [-0.2, -0.15) is 0 Å². The maximum atomic E-state index is 4.19. The van der Waals surface area contributed by atoms with Gasteiger partial charge in [-0.05, 0) is 15.9 Å². The van der Waals surface area contributed by atoms with Crippen LogP contribution in [0.3, 0.4) is 0 Å². The first-order valence-corrected chi connectivity index (χ1v) is 3.99. The standard InChI is InChI=1S/C7H6BrN3/c1-11-4-10-7-5(8)2-9-3-6(7)11/h2-4H,1H3. The number of pyridine rings is 1. The summed E-state index contributed by atoms with van der Waals surface area (Å²) in [4.78, 5) is 8.23.